The molecule has 0 aromatic carbocycles. The maximum Gasteiger partial charge on any atom is 0.326 e. The lowest BCUT2D eigenvalue weighted by atomic mass is 9.84. The Kier molecular flexibility index (Phi) is 9.37. The van der Waals surface area contributed by atoms with E-state index in [2.05, 4.69) is 5.32 Å². The SMILES string of the molecule is CC(=O)N[C@H](C(=O)O)[C@H]1[C@@H](OC(C)=O)O[C@H](COC(C)=O)[C@H](OC(C)=O)[C@@H]1OC(C)=O. The number of carboxylic acid groups (broad SMARTS) is 1. The average Bonchev–Trinajstić information content (AvgIpc) is 2.59. The minimum Gasteiger partial charge on any atom is -0.480 e. The molecule has 6 atom stereocenters. The second kappa shape index (κ2) is 11.2. The lowest BCUT2D eigenvalue weighted by Gasteiger charge is -2.46. The van der Waals surface area contributed by atoms with Gasteiger partial charge in [-0.2, -0.15) is 0 Å². The van der Waals surface area contributed by atoms with Crippen LogP contribution in [0.15, 0.2) is 0 Å². The first-order valence-electron chi connectivity index (χ1n) is 9.13. The molecule has 1 aliphatic heterocycles. The summed E-state index contributed by atoms with van der Waals surface area (Å²) in [5.74, 6) is -7.13. The highest BCUT2D eigenvalue weighted by atomic mass is 16.7. The van der Waals surface area contributed by atoms with Crippen LogP contribution in [-0.2, 0) is 52.5 Å². The number of carboxylic acids is 1. The number of carbonyl (C=O) groups excluding carboxylic acids is 5. The van der Waals surface area contributed by atoms with Crippen molar-refractivity contribution in [2.24, 2.45) is 5.92 Å². The van der Waals surface area contributed by atoms with E-state index in [1.165, 1.54) is 0 Å². The number of esters is 4. The summed E-state index contributed by atoms with van der Waals surface area (Å²) in [5, 5.41) is 11.8. The third-order valence-corrected chi connectivity index (χ3v) is 4.04. The van der Waals surface area contributed by atoms with E-state index in [4.69, 9.17) is 23.7 Å². The molecule has 2 N–H and O–H groups in total. The van der Waals surface area contributed by atoms with Crippen molar-refractivity contribution in [3.63, 3.8) is 0 Å². The molecule has 13 heteroatoms. The third-order valence-electron chi connectivity index (χ3n) is 4.04. The van der Waals surface area contributed by atoms with Crippen molar-refractivity contribution in [3.8, 4) is 0 Å². The van der Waals surface area contributed by atoms with Crippen LogP contribution in [0, 0.1) is 5.92 Å². The summed E-state index contributed by atoms with van der Waals surface area (Å²) < 4.78 is 26.0. The van der Waals surface area contributed by atoms with Gasteiger partial charge in [-0.25, -0.2) is 4.79 Å². The van der Waals surface area contributed by atoms with Gasteiger partial charge in [0.1, 0.15) is 18.8 Å². The molecule has 1 rings (SSSR count). The fourth-order valence-electron chi connectivity index (χ4n) is 3.09. The molecule has 1 saturated heterocycles. The second-order valence-corrected chi connectivity index (χ2v) is 6.70. The van der Waals surface area contributed by atoms with Crippen molar-refractivity contribution in [2.45, 2.75) is 65.3 Å². The average molecular weight is 447 g/mol. The number of amides is 1. The minimum atomic E-state index is -1.76. The van der Waals surface area contributed by atoms with Gasteiger partial charge in [-0.05, 0) is 0 Å². The molecule has 1 amide bonds. The van der Waals surface area contributed by atoms with Crippen molar-refractivity contribution in [2.75, 3.05) is 6.61 Å². The van der Waals surface area contributed by atoms with E-state index in [1.54, 1.807) is 0 Å². The van der Waals surface area contributed by atoms with Crippen LogP contribution in [0.3, 0.4) is 0 Å². The van der Waals surface area contributed by atoms with Crippen LogP contribution in [0.25, 0.3) is 0 Å². The van der Waals surface area contributed by atoms with Crippen molar-refractivity contribution in [1.82, 2.24) is 5.32 Å². The molecular weight excluding hydrogens is 422 g/mol. The molecular formula is C18H25NO12. The summed E-state index contributed by atoms with van der Waals surface area (Å²) in [4.78, 5) is 69.8. The van der Waals surface area contributed by atoms with Gasteiger partial charge in [0, 0.05) is 34.6 Å². The number of aliphatic carboxylic acids is 1. The van der Waals surface area contributed by atoms with Crippen LogP contribution in [0.5, 0.6) is 0 Å². The molecule has 0 unspecified atom stereocenters. The van der Waals surface area contributed by atoms with Gasteiger partial charge < -0.3 is 34.1 Å². The minimum absolute atomic E-state index is 0.493. The molecule has 1 heterocycles. The van der Waals surface area contributed by atoms with Gasteiger partial charge in [0.05, 0.1) is 5.92 Å². The molecule has 1 aliphatic rings. The zero-order chi connectivity index (χ0) is 23.9. The fraction of sp³-hybridized carbons (Fsp3) is 0.667. The summed E-state index contributed by atoms with van der Waals surface area (Å²) in [6.07, 6.45) is -5.95. The normalized spacial score (nSPS) is 26.0. The predicted molar refractivity (Wildman–Crippen MR) is 96.9 cm³/mol. The zero-order valence-electron chi connectivity index (χ0n) is 17.6. The molecule has 31 heavy (non-hydrogen) atoms. The highest BCUT2D eigenvalue weighted by molar-refractivity contribution is 5.82. The quantitative estimate of drug-likeness (QED) is 0.339. The zero-order valence-corrected chi connectivity index (χ0v) is 17.6. The van der Waals surface area contributed by atoms with E-state index in [-0.39, 0.29) is 0 Å². The van der Waals surface area contributed by atoms with E-state index in [1.807, 2.05) is 0 Å². The van der Waals surface area contributed by atoms with Crippen LogP contribution in [0.2, 0.25) is 0 Å². The van der Waals surface area contributed by atoms with Gasteiger partial charge in [-0.1, -0.05) is 0 Å². The first kappa shape index (κ1) is 25.8. The Hall–Kier alpha value is -3.22. The lowest BCUT2D eigenvalue weighted by Crippen LogP contribution is -2.65. The van der Waals surface area contributed by atoms with Crippen LogP contribution >= 0.6 is 0 Å². The Bertz CT molecular complexity index is 735. The van der Waals surface area contributed by atoms with Gasteiger partial charge in [-0.15, -0.1) is 0 Å². The van der Waals surface area contributed by atoms with Crippen molar-refractivity contribution in [1.29, 1.82) is 0 Å². The molecule has 0 aromatic rings. The standard InChI is InChI=1S/C18H25NO12/c1-7(20)19-14(17(25)26)13-16(29-10(4)23)15(28-9(3)22)12(6-27-8(2)21)31-18(13)30-11(5)24/h12-16,18H,6H2,1-5H3,(H,19,20)(H,25,26)/t12-,13-,14+,15+,16-,18+/m1/s1. The van der Waals surface area contributed by atoms with Gasteiger partial charge in [0.15, 0.2) is 12.2 Å². The number of rotatable bonds is 8. The number of ether oxygens (including phenoxy) is 5. The first-order chi connectivity index (χ1) is 14.3. The Morgan fingerprint density at radius 1 is 0.839 bits per heavy atom. The smallest absolute Gasteiger partial charge is 0.326 e. The van der Waals surface area contributed by atoms with E-state index >= 15 is 0 Å². The van der Waals surface area contributed by atoms with Crippen LogP contribution < -0.4 is 5.32 Å². The molecule has 0 aliphatic carbocycles. The van der Waals surface area contributed by atoms with Crippen LogP contribution in [-0.4, -0.2) is 78.1 Å². The van der Waals surface area contributed by atoms with Crippen molar-refractivity contribution < 1.29 is 57.6 Å². The van der Waals surface area contributed by atoms with Crippen LogP contribution in [0.1, 0.15) is 34.6 Å². The molecule has 0 spiro atoms. The fourth-order valence-corrected chi connectivity index (χ4v) is 3.09. The Morgan fingerprint density at radius 2 is 1.35 bits per heavy atom. The van der Waals surface area contributed by atoms with E-state index in [0.717, 1.165) is 34.6 Å². The van der Waals surface area contributed by atoms with E-state index in [9.17, 15) is 33.9 Å². The number of nitrogens with one attached hydrogen (secondary N) is 1. The topological polar surface area (TPSA) is 181 Å². The van der Waals surface area contributed by atoms with Gasteiger partial charge in [0.25, 0.3) is 0 Å². The molecule has 0 bridgehead atoms. The highest BCUT2D eigenvalue weighted by Crippen LogP contribution is 2.34. The molecule has 13 nitrogen and oxygen atoms in total. The lowest BCUT2D eigenvalue weighted by molar-refractivity contribution is -0.287. The summed E-state index contributed by atoms with van der Waals surface area (Å²) in [6, 6.07) is -1.76. The predicted octanol–water partition coefficient (Wildman–Crippen LogP) is -1.09. The van der Waals surface area contributed by atoms with Gasteiger partial charge in [0.2, 0.25) is 12.2 Å². The Balaban J connectivity index is 3.55. The first-order valence-corrected chi connectivity index (χ1v) is 9.13. The molecule has 1 fully saturated rings. The molecule has 0 radical (unpaired) electrons. The monoisotopic (exact) mass is 447 g/mol. The van der Waals surface area contributed by atoms with Crippen molar-refractivity contribution in [3.05, 3.63) is 0 Å². The largest absolute Gasteiger partial charge is 0.480 e. The third kappa shape index (κ3) is 7.85. The van der Waals surface area contributed by atoms with Gasteiger partial charge in [-0.3, -0.25) is 24.0 Å². The summed E-state index contributed by atoms with van der Waals surface area (Å²) in [7, 11) is 0. The molecule has 0 saturated carbocycles. The summed E-state index contributed by atoms with van der Waals surface area (Å²) in [5.41, 5.74) is 0. The second-order valence-electron chi connectivity index (χ2n) is 6.70. The number of carbonyl (C=O) groups is 6. The Morgan fingerprint density at radius 3 is 1.77 bits per heavy atom. The number of hydrogen-bond donors (Lipinski definition) is 2. The molecule has 0 aromatic heterocycles. The summed E-state index contributed by atoms with van der Waals surface area (Å²) >= 11 is 0. The maximum absolute atomic E-state index is 11.9. The van der Waals surface area contributed by atoms with E-state index in [0.29, 0.717) is 0 Å². The number of hydrogen-bond acceptors (Lipinski definition) is 11. The summed E-state index contributed by atoms with van der Waals surface area (Å²) in [6.45, 7) is 4.75. The van der Waals surface area contributed by atoms with E-state index < -0.39 is 78.9 Å². The van der Waals surface area contributed by atoms with Crippen LogP contribution in [0.4, 0.5) is 0 Å². The van der Waals surface area contributed by atoms with Gasteiger partial charge >= 0.3 is 29.8 Å². The Labute approximate surface area is 177 Å². The van der Waals surface area contributed by atoms with Crippen molar-refractivity contribution >= 4 is 35.8 Å². The molecule has 174 valence electrons. The maximum atomic E-state index is 11.9. The highest BCUT2D eigenvalue weighted by Gasteiger charge is 2.56.